The van der Waals surface area contributed by atoms with E-state index in [9.17, 15) is 14.6 Å². The number of thiophene rings is 1. The molecule has 0 spiro atoms. The summed E-state index contributed by atoms with van der Waals surface area (Å²) in [5.41, 5.74) is 11.0. The maximum Gasteiger partial charge on any atom is 0.162 e. The monoisotopic (exact) mass is 835 g/mol. The lowest BCUT2D eigenvalue weighted by atomic mass is 9.69. The lowest BCUT2D eigenvalue weighted by Crippen LogP contribution is -2.55. The second-order valence-electron chi connectivity index (χ2n) is 17.7. The molecule has 10 rings (SSSR count). The van der Waals surface area contributed by atoms with Gasteiger partial charge in [-0.15, -0.1) is 21.5 Å². The molecule has 0 saturated carbocycles. The van der Waals surface area contributed by atoms with Crippen LogP contribution in [0.4, 0.5) is 15.8 Å². The van der Waals surface area contributed by atoms with E-state index in [1.54, 1.807) is 29.5 Å². The van der Waals surface area contributed by atoms with E-state index in [0.717, 1.165) is 98.4 Å². The van der Waals surface area contributed by atoms with Crippen molar-refractivity contribution in [3.05, 3.63) is 152 Å². The molecule has 6 aromatic rings. The van der Waals surface area contributed by atoms with Crippen molar-refractivity contribution >= 4 is 28.4 Å². The Hall–Kier alpha value is -5.36. The Bertz CT molecular complexity index is 2580. The van der Waals surface area contributed by atoms with Gasteiger partial charge in [-0.1, -0.05) is 42.5 Å². The van der Waals surface area contributed by atoms with Gasteiger partial charge >= 0.3 is 0 Å². The number of fused-ring (bicyclic) bond motifs is 4. The maximum atomic E-state index is 13.9. The van der Waals surface area contributed by atoms with E-state index in [0.29, 0.717) is 12.3 Å². The Morgan fingerprint density at radius 1 is 0.787 bits per heavy atom. The standard InChI is InChI=1S/C50H54FN7O2S/c1-31-33(3)61-49-45(31)47(52-32(2)48-54-53-34(4)58(48)49)37-9-16-40(17-10-37)56-23-21-50(60,22-24-56)30-55-25-27-57(28-26-55)41-14-7-36(8-15-41)46-43(35-5-12-39(51)13-6-35)19-11-38-29-42(59)18-20-44(38)46/h5-10,12-18,20,29,32,43,46,59-60H,11,19,21-28,30H2,1-4H3/t32-,43+,46-/m0/s1. The van der Waals surface area contributed by atoms with E-state index in [1.165, 1.54) is 44.1 Å². The summed E-state index contributed by atoms with van der Waals surface area (Å²) in [4.78, 5) is 13.8. The second-order valence-corrected chi connectivity index (χ2v) is 18.9. The molecule has 5 heterocycles. The molecule has 3 aliphatic heterocycles. The maximum absolute atomic E-state index is 13.9. The number of aliphatic hydroxyl groups is 1. The number of aryl methyl sites for hydroxylation is 3. The van der Waals surface area contributed by atoms with E-state index in [2.05, 4.69) is 105 Å². The van der Waals surface area contributed by atoms with Crippen LogP contribution in [-0.2, 0) is 6.42 Å². The van der Waals surface area contributed by atoms with E-state index in [-0.39, 0.29) is 23.7 Å². The number of rotatable bonds is 7. The number of piperidine rings is 1. The van der Waals surface area contributed by atoms with Gasteiger partial charge in [0.1, 0.15) is 28.4 Å². The molecule has 0 bridgehead atoms. The van der Waals surface area contributed by atoms with E-state index in [1.807, 2.05) is 25.1 Å². The van der Waals surface area contributed by atoms with Gasteiger partial charge in [0.2, 0.25) is 0 Å². The van der Waals surface area contributed by atoms with Crippen molar-refractivity contribution in [1.82, 2.24) is 19.7 Å². The van der Waals surface area contributed by atoms with Gasteiger partial charge in [-0.3, -0.25) is 14.5 Å². The van der Waals surface area contributed by atoms with E-state index in [4.69, 9.17) is 4.99 Å². The van der Waals surface area contributed by atoms with Gasteiger partial charge in [0, 0.05) is 79.1 Å². The van der Waals surface area contributed by atoms with Crippen molar-refractivity contribution < 1.29 is 14.6 Å². The number of halogens is 1. The minimum atomic E-state index is -0.706. The predicted octanol–water partition coefficient (Wildman–Crippen LogP) is 9.03. The van der Waals surface area contributed by atoms with Crippen LogP contribution < -0.4 is 9.80 Å². The third-order valence-corrected chi connectivity index (χ3v) is 15.1. The third-order valence-electron chi connectivity index (χ3n) is 13.9. The molecule has 2 fully saturated rings. The Morgan fingerprint density at radius 2 is 1.44 bits per heavy atom. The summed E-state index contributed by atoms with van der Waals surface area (Å²) in [7, 11) is 0. The summed E-state index contributed by atoms with van der Waals surface area (Å²) in [6.07, 6.45) is 3.29. The first-order chi connectivity index (χ1) is 29.5. The molecular weight excluding hydrogens is 782 g/mol. The lowest BCUT2D eigenvalue weighted by Gasteiger charge is -2.44. The minimum absolute atomic E-state index is 0.114. The zero-order valence-electron chi connectivity index (χ0n) is 35.5. The van der Waals surface area contributed by atoms with Crippen LogP contribution in [0.1, 0.15) is 99.5 Å². The summed E-state index contributed by atoms with van der Waals surface area (Å²) >= 11 is 1.78. The van der Waals surface area contributed by atoms with Crippen molar-refractivity contribution in [2.45, 2.75) is 76.9 Å². The molecule has 2 saturated heterocycles. The van der Waals surface area contributed by atoms with E-state index >= 15 is 0 Å². The summed E-state index contributed by atoms with van der Waals surface area (Å²) in [6.45, 7) is 14.4. The number of β-amino-alcohol motifs (C(OH)–C–C–N with tert-alkyl or cyclic N) is 1. The normalized spacial score (nSPS) is 21.3. The zero-order valence-corrected chi connectivity index (χ0v) is 36.3. The summed E-state index contributed by atoms with van der Waals surface area (Å²) in [6, 6.07) is 30.5. The fourth-order valence-electron chi connectivity index (χ4n) is 10.4. The van der Waals surface area contributed by atoms with Crippen molar-refractivity contribution in [1.29, 1.82) is 0 Å². The Labute approximate surface area is 361 Å². The Kier molecular flexibility index (Phi) is 10.3. The minimum Gasteiger partial charge on any atom is -0.508 e. The molecule has 0 unspecified atom stereocenters. The van der Waals surface area contributed by atoms with Crippen LogP contribution in [0.2, 0.25) is 0 Å². The second kappa shape index (κ2) is 15.8. The first kappa shape index (κ1) is 39.8. The topological polar surface area (TPSA) is 93.2 Å². The van der Waals surface area contributed by atoms with Gasteiger partial charge in [0.15, 0.2) is 5.82 Å². The molecular formula is C50H54FN7O2S. The highest BCUT2D eigenvalue weighted by molar-refractivity contribution is 7.15. The number of hydrogen-bond acceptors (Lipinski definition) is 9. The van der Waals surface area contributed by atoms with Crippen molar-refractivity contribution in [2.75, 3.05) is 55.6 Å². The number of aromatic hydroxyl groups is 1. The molecule has 9 nitrogen and oxygen atoms in total. The van der Waals surface area contributed by atoms with Gasteiger partial charge in [0.05, 0.1) is 11.3 Å². The number of piperazine rings is 1. The van der Waals surface area contributed by atoms with Crippen LogP contribution in [0.15, 0.2) is 96.0 Å². The average Bonchev–Trinajstić information content (AvgIpc) is 3.76. The first-order valence-corrected chi connectivity index (χ1v) is 22.7. The van der Waals surface area contributed by atoms with Gasteiger partial charge in [-0.05, 0) is 136 Å². The Morgan fingerprint density at radius 3 is 2.15 bits per heavy atom. The van der Waals surface area contributed by atoms with E-state index < -0.39 is 5.60 Å². The lowest BCUT2D eigenvalue weighted by molar-refractivity contribution is -0.0173. The number of aliphatic imine (C=N–C) groups is 1. The molecule has 4 aliphatic rings. The molecule has 2 aromatic heterocycles. The van der Waals surface area contributed by atoms with Crippen molar-refractivity contribution in [3.8, 4) is 10.8 Å². The van der Waals surface area contributed by atoms with Crippen LogP contribution >= 0.6 is 11.3 Å². The number of aromatic nitrogens is 3. The van der Waals surface area contributed by atoms with Gasteiger partial charge < -0.3 is 20.0 Å². The molecule has 0 amide bonds. The number of nitrogens with zero attached hydrogens (tertiary/aromatic N) is 7. The SMILES string of the molecule is Cc1sc2c(c1C)C(c1ccc(N3CCC(O)(CN4CCN(c5ccc([C@@H]6c7ccc(O)cc7CC[C@@H]6c6ccc(F)cc6)cc5)CC4)CC3)cc1)=N[C@@H](C)c1nnc(C)n1-2. The zero-order chi connectivity index (χ0) is 42.0. The number of anilines is 2. The van der Waals surface area contributed by atoms with Crippen LogP contribution in [0.3, 0.4) is 0 Å². The van der Waals surface area contributed by atoms with Crippen LogP contribution in [0.5, 0.6) is 5.75 Å². The largest absolute Gasteiger partial charge is 0.508 e. The van der Waals surface area contributed by atoms with Crippen molar-refractivity contribution in [2.24, 2.45) is 4.99 Å². The van der Waals surface area contributed by atoms with Crippen LogP contribution in [0.25, 0.3) is 5.00 Å². The van der Waals surface area contributed by atoms with Gasteiger partial charge in [-0.25, -0.2) is 4.39 Å². The first-order valence-electron chi connectivity index (χ1n) is 21.8. The summed E-state index contributed by atoms with van der Waals surface area (Å²) in [5.74, 6) is 2.19. The number of benzene rings is 4. The number of hydrogen-bond donors (Lipinski definition) is 2. The fourth-order valence-corrected chi connectivity index (χ4v) is 11.6. The molecule has 3 atom stereocenters. The van der Waals surface area contributed by atoms with Gasteiger partial charge in [0.25, 0.3) is 0 Å². The predicted molar refractivity (Wildman–Crippen MR) is 243 cm³/mol. The number of phenolic OH excluding ortho intramolecular Hbond substituents is 1. The molecule has 4 aromatic carbocycles. The molecule has 61 heavy (non-hydrogen) atoms. The molecule has 11 heteroatoms. The van der Waals surface area contributed by atoms with Crippen LogP contribution in [0, 0.1) is 26.6 Å². The fraction of sp³-hybridized carbons (Fsp3) is 0.380. The summed E-state index contributed by atoms with van der Waals surface area (Å²) in [5, 5.41) is 32.1. The summed E-state index contributed by atoms with van der Waals surface area (Å²) < 4.78 is 16.1. The average molecular weight is 836 g/mol. The van der Waals surface area contributed by atoms with Crippen LogP contribution in [-0.4, -0.2) is 87.0 Å². The highest BCUT2D eigenvalue weighted by Gasteiger charge is 2.36. The third kappa shape index (κ3) is 7.44. The highest BCUT2D eigenvalue weighted by atomic mass is 32.1. The van der Waals surface area contributed by atoms with Gasteiger partial charge in [-0.2, -0.15) is 0 Å². The Balaban J connectivity index is 0.761. The molecule has 2 N–H and O–H groups in total. The molecule has 1 aliphatic carbocycles. The highest BCUT2D eigenvalue weighted by Crippen LogP contribution is 2.47. The smallest absolute Gasteiger partial charge is 0.162 e. The molecule has 314 valence electrons. The van der Waals surface area contributed by atoms with Crippen molar-refractivity contribution in [3.63, 3.8) is 0 Å². The quantitative estimate of drug-likeness (QED) is 0.166. The number of phenols is 1. The molecule has 0 radical (unpaired) electrons.